The fourth-order valence-electron chi connectivity index (χ4n) is 3.53. The molecule has 1 fully saturated rings. The molecule has 1 aliphatic heterocycles. The van der Waals surface area contributed by atoms with Crippen LogP contribution in [0.2, 0.25) is 0 Å². The number of amides is 2. The lowest BCUT2D eigenvalue weighted by Crippen LogP contribution is -2.52. The molecule has 0 spiro atoms. The zero-order valence-electron chi connectivity index (χ0n) is 18.3. The molecule has 3 rings (SSSR count). The van der Waals surface area contributed by atoms with Crippen molar-refractivity contribution in [3.8, 4) is 5.75 Å². The van der Waals surface area contributed by atoms with Crippen LogP contribution in [0.15, 0.2) is 53.4 Å². The van der Waals surface area contributed by atoms with E-state index in [-0.39, 0.29) is 56.5 Å². The first-order chi connectivity index (χ1) is 15.7. The molecule has 0 aromatic heterocycles. The van der Waals surface area contributed by atoms with E-state index >= 15 is 0 Å². The lowest BCUT2D eigenvalue weighted by atomic mass is 10.2. The Labute approximate surface area is 192 Å². The topological polar surface area (TPSA) is 113 Å². The van der Waals surface area contributed by atoms with Crippen LogP contribution in [0.1, 0.15) is 6.42 Å². The minimum Gasteiger partial charge on any atom is -0.497 e. The van der Waals surface area contributed by atoms with Crippen LogP contribution in [-0.4, -0.2) is 75.8 Å². The normalized spacial score (nSPS) is 14.7. The second-order valence-corrected chi connectivity index (χ2v) is 9.51. The van der Waals surface area contributed by atoms with Gasteiger partial charge >= 0.3 is 0 Å². The maximum absolute atomic E-state index is 13.1. The van der Waals surface area contributed by atoms with E-state index in [1.165, 1.54) is 16.4 Å². The maximum Gasteiger partial charge on any atom is 0.243 e. The molecule has 2 aromatic rings. The summed E-state index contributed by atoms with van der Waals surface area (Å²) in [5.74, 6) is -0.504. The Balaban J connectivity index is 1.63. The number of rotatable bonds is 9. The van der Waals surface area contributed by atoms with Gasteiger partial charge in [0.05, 0.1) is 18.6 Å². The van der Waals surface area contributed by atoms with Gasteiger partial charge in [-0.3, -0.25) is 9.59 Å². The van der Waals surface area contributed by atoms with Crippen molar-refractivity contribution >= 4 is 27.5 Å². The number of piperazine rings is 1. The van der Waals surface area contributed by atoms with E-state index in [2.05, 4.69) is 0 Å². The fourth-order valence-corrected chi connectivity index (χ4v) is 4.96. The minimum absolute atomic E-state index is 0.0146. The molecular formula is C22H27FN4O5S. The summed E-state index contributed by atoms with van der Waals surface area (Å²) in [7, 11) is -2.21. The Morgan fingerprint density at radius 3 is 2.18 bits per heavy atom. The van der Waals surface area contributed by atoms with E-state index in [1.807, 2.05) is 0 Å². The monoisotopic (exact) mass is 478 g/mol. The molecule has 2 amide bonds. The van der Waals surface area contributed by atoms with Crippen LogP contribution in [-0.2, 0) is 19.6 Å². The number of anilines is 1. The number of nitrogens with zero attached hydrogens (tertiary/aromatic N) is 3. The SMILES string of the molecule is COc1ccc(N(CCC(N)=O)CC(=O)N2CCN(S(=O)(=O)c3ccc(F)cc3)CC2)cc1. The summed E-state index contributed by atoms with van der Waals surface area (Å²) in [6.07, 6.45) is 0.0863. The second-order valence-electron chi connectivity index (χ2n) is 7.57. The van der Waals surface area contributed by atoms with Gasteiger partial charge in [0.25, 0.3) is 0 Å². The van der Waals surface area contributed by atoms with Crippen LogP contribution in [0, 0.1) is 5.82 Å². The maximum atomic E-state index is 13.1. The highest BCUT2D eigenvalue weighted by atomic mass is 32.2. The van der Waals surface area contributed by atoms with Gasteiger partial charge in [-0.2, -0.15) is 4.31 Å². The Kier molecular flexibility index (Phi) is 7.88. The molecule has 9 nitrogen and oxygen atoms in total. The molecule has 1 saturated heterocycles. The second kappa shape index (κ2) is 10.6. The Morgan fingerprint density at radius 1 is 1.03 bits per heavy atom. The molecule has 0 bridgehead atoms. The number of carbonyl (C=O) groups is 2. The lowest BCUT2D eigenvalue weighted by molar-refractivity contribution is -0.131. The van der Waals surface area contributed by atoms with Crippen LogP contribution >= 0.6 is 0 Å². The van der Waals surface area contributed by atoms with Crippen molar-refractivity contribution < 1.29 is 27.1 Å². The summed E-state index contributed by atoms with van der Waals surface area (Å²) in [5, 5.41) is 0. The molecule has 1 heterocycles. The van der Waals surface area contributed by atoms with E-state index in [4.69, 9.17) is 10.5 Å². The molecule has 0 radical (unpaired) electrons. The van der Waals surface area contributed by atoms with Crippen molar-refractivity contribution in [2.75, 3.05) is 51.3 Å². The third-order valence-electron chi connectivity index (χ3n) is 5.43. The Hall–Kier alpha value is -3.18. The molecule has 0 unspecified atom stereocenters. The molecule has 11 heteroatoms. The zero-order chi connectivity index (χ0) is 24.0. The van der Waals surface area contributed by atoms with Crippen molar-refractivity contribution in [2.45, 2.75) is 11.3 Å². The van der Waals surface area contributed by atoms with Crippen molar-refractivity contribution in [1.82, 2.24) is 9.21 Å². The minimum atomic E-state index is -3.76. The third kappa shape index (κ3) is 6.20. The van der Waals surface area contributed by atoms with E-state index in [9.17, 15) is 22.4 Å². The van der Waals surface area contributed by atoms with Gasteiger partial charge in [0, 0.05) is 44.8 Å². The summed E-state index contributed by atoms with van der Waals surface area (Å²) in [4.78, 5) is 27.6. The highest BCUT2D eigenvalue weighted by molar-refractivity contribution is 7.89. The number of hydrogen-bond donors (Lipinski definition) is 1. The molecule has 2 aromatic carbocycles. The average molecular weight is 479 g/mol. The van der Waals surface area contributed by atoms with Crippen LogP contribution in [0.3, 0.4) is 0 Å². The number of halogens is 1. The van der Waals surface area contributed by atoms with Crippen molar-refractivity contribution in [3.05, 3.63) is 54.3 Å². The number of methoxy groups -OCH3 is 1. The van der Waals surface area contributed by atoms with E-state index in [0.29, 0.717) is 5.75 Å². The van der Waals surface area contributed by atoms with Crippen LogP contribution in [0.25, 0.3) is 0 Å². The number of ether oxygens (including phenoxy) is 1. The number of benzene rings is 2. The highest BCUT2D eigenvalue weighted by Gasteiger charge is 2.30. The predicted octanol–water partition coefficient (Wildman–Crippen LogP) is 1.05. The van der Waals surface area contributed by atoms with Gasteiger partial charge in [-0.15, -0.1) is 0 Å². The zero-order valence-corrected chi connectivity index (χ0v) is 19.1. The summed E-state index contributed by atoms with van der Waals surface area (Å²) in [5.41, 5.74) is 6.03. The van der Waals surface area contributed by atoms with Crippen LogP contribution in [0.4, 0.5) is 10.1 Å². The van der Waals surface area contributed by atoms with Crippen molar-refractivity contribution in [2.24, 2.45) is 5.73 Å². The van der Waals surface area contributed by atoms with Crippen LogP contribution < -0.4 is 15.4 Å². The lowest BCUT2D eigenvalue weighted by Gasteiger charge is -2.35. The summed E-state index contributed by atoms with van der Waals surface area (Å²) in [6.45, 7) is 1.01. The number of sulfonamides is 1. The van der Waals surface area contributed by atoms with Gasteiger partial charge < -0.3 is 20.3 Å². The van der Waals surface area contributed by atoms with Gasteiger partial charge in [0.2, 0.25) is 21.8 Å². The van der Waals surface area contributed by atoms with Gasteiger partial charge in [0.1, 0.15) is 11.6 Å². The highest BCUT2D eigenvalue weighted by Crippen LogP contribution is 2.21. The first kappa shape index (κ1) is 24.5. The summed E-state index contributed by atoms with van der Waals surface area (Å²) < 4.78 is 45.1. The molecule has 0 aliphatic carbocycles. The first-order valence-corrected chi connectivity index (χ1v) is 11.9. The molecular weight excluding hydrogens is 451 g/mol. The molecule has 0 saturated carbocycles. The molecule has 33 heavy (non-hydrogen) atoms. The number of primary amides is 1. The number of nitrogens with two attached hydrogens (primary N) is 1. The largest absolute Gasteiger partial charge is 0.497 e. The molecule has 178 valence electrons. The van der Waals surface area contributed by atoms with E-state index in [1.54, 1.807) is 41.2 Å². The molecule has 2 N–H and O–H groups in total. The van der Waals surface area contributed by atoms with Gasteiger partial charge in [0.15, 0.2) is 0 Å². The van der Waals surface area contributed by atoms with Gasteiger partial charge in [-0.1, -0.05) is 0 Å². The smallest absolute Gasteiger partial charge is 0.243 e. The Morgan fingerprint density at radius 2 is 1.64 bits per heavy atom. The molecule has 1 aliphatic rings. The quantitative estimate of drug-likeness (QED) is 0.576. The van der Waals surface area contributed by atoms with E-state index < -0.39 is 21.7 Å². The van der Waals surface area contributed by atoms with Crippen molar-refractivity contribution in [3.63, 3.8) is 0 Å². The summed E-state index contributed by atoms with van der Waals surface area (Å²) >= 11 is 0. The molecule has 0 atom stereocenters. The van der Waals surface area contributed by atoms with Gasteiger partial charge in [-0.25, -0.2) is 12.8 Å². The van der Waals surface area contributed by atoms with Crippen molar-refractivity contribution in [1.29, 1.82) is 0 Å². The standard InChI is InChI=1S/C22H27FN4O5S/c1-32-19-6-4-18(5-7-19)26(11-10-21(24)28)16-22(29)25-12-14-27(15-13-25)33(30,31)20-8-2-17(23)3-9-20/h2-9H,10-16H2,1H3,(H2,24,28). The Bertz CT molecular complexity index is 1070. The third-order valence-corrected chi connectivity index (χ3v) is 7.35. The van der Waals surface area contributed by atoms with Gasteiger partial charge in [-0.05, 0) is 48.5 Å². The number of hydrogen-bond acceptors (Lipinski definition) is 6. The van der Waals surface area contributed by atoms with E-state index in [0.717, 1.165) is 17.8 Å². The summed E-state index contributed by atoms with van der Waals surface area (Å²) in [6, 6.07) is 11.8. The first-order valence-electron chi connectivity index (χ1n) is 10.4. The van der Waals surface area contributed by atoms with Crippen LogP contribution in [0.5, 0.6) is 5.75 Å². The number of carbonyl (C=O) groups excluding carboxylic acids is 2. The average Bonchev–Trinajstić information content (AvgIpc) is 2.82. The predicted molar refractivity (Wildman–Crippen MR) is 121 cm³/mol. The fraction of sp³-hybridized carbons (Fsp3) is 0.364.